The molecule has 0 saturated heterocycles. The number of hydrogen-bond donors (Lipinski definition) is 0. The van der Waals surface area contributed by atoms with Gasteiger partial charge < -0.3 is 8.98 Å². The quantitative estimate of drug-likeness (QED) is 0.290. The Labute approximate surface area is 198 Å². The highest BCUT2D eigenvalue weighted by Crippen LogP contribution is 2.35. The van der Waals surface area contributed by atoms with Crippen molar-refractivity contribution in [2.45, 2.75) is 0 Å². The van der Waals surface area contributed by atoms with E-state index < -0.39 is 0 Å². The number of aromatic nitrogens is 5. The number of benzene rings is 3. The lowest BCUT2D eigenvalue weighted by atomic mass is 10.2. The van der Waals surface area contributed by atoms with Gasteiger partial charge in [0.1, 0.15) is 16.6 Å². The largest absolute Gasteiger partial charge is 0.434 e. The highest BCUT2D eigenvalue weighted by molar-refractivity contribution is 6.09. The highest BCUT2D eigenvalue weighted by atomic mass is 16.3. The van der Waals surface area contributed by atoms with Crippen LogP contribution in [0.25, 0.3) is 66.6 Å². The van der Waals surface area contributed by atoms with Crippen molar-refractivity contribution in [2.75, 3.05) is 0 Å². The van der Waals surface area contributed by atoms with Gasteiger partial charge in [0, 0.05) is 28.2 Å². The number of pyridine rings is 2. The van der Waals surface area contributed by atoms with Crippen molar-refractivity contribution >= 4 is 49.5 Å². The molecule has 0 fully saturated rings. The fourth-order valence-electron chi connectivity index (χ4n) is 5.17. The third-order valence-corrected chi connectivity index (χ3v) is 6.67. The Kier molecular flexibility index (Phi) is 3.57. The number of oxazole rings is 1. The van der Waals surface area contributed by atoms with Crippen molar-refractivity contribution in [1.82, 2.24) is 24.1 Å². The molecule has 0 aliphatic carbocycles. The minimum Gasteiger partial charge on any atom is -0.434 e. The Hall–Kier alpha value is -4.97. The summed E-state index contributed by atoms with van der Waals surface area (Å²) in [5.41, 5.74) is 8.27. The van der Waals surface area contributed by atoms with E-state index in [0.717, 1.165) is 33.3 Å². The van der Waals surface area contributed by atoms with Crippen LogP contribution in [0.5, 0.6) is 0 Å². The number of nitrogens with zero attached hydrogens (tertiary/aromatic N) is 5. The van der Waals surface area contributed by atoms with Gasteiger partial charge in [0.15, 0.2) is 5.58 Å². The molecule has 0 saturated carbocycles. The summed E-state index contributed by atoms with van der Waals surface area (Å²) in [6.07, 6.45) is 3.54. The van der Waals surface area contributed by atoms with Crippen LogP contribution in [0, 0.1) is 0 Å². The van der Waals surface area contributed by atoms with E-state index in [1.807, 2.05) is 34.8 Å². The second kappa shape index (κ2) is 6.77. The first-order valence-corrected chi connectivity index (χ1v) is 11.5. The topological polar surface area (TPSA) is 61.1 Å². The standard InChI is InChI=1S/C29H17N5O/c1-3-11-22-20(9-1)21-10-2-4-12-23(21)33(22)19-8-5-7-18(17-19)29-32-27-26-24(13-6-15-30-26)34-25(14-16-31-34)28(27)35-29/h1-17H. The van der Waals surface area contributed by atoms with Gasteiger partial charge >= 0.3 is 0 Å². The number of rotatable bonds is 2. The lowest BCUT2D eigenvalue weighted by Crippen LogP contribution is -1.94. The molecule has 0 aliphatic heterocycles. The summed E-state index contributed by atoms with van der Waals surface area (Å²) in [6, 6.07) is 31.2. The van der Waals surface area contributed by atoms with E-state index in [-0.39, 0.29) is 0 Å². The molecule has 0 aliphatic rings. The second-order valence-electron chi connectivity index (χ2n) is 8.62. The molecule has 8 aromatic rings. The fraction of sp³-hybridized carbons (Fsp3) is 0. The van der Waals surface area contributed by atoms with Crippen LogP contribution in [0.4, 0.5) is 0 Å². The number of hydrogen-bond acceptors (Lipinski definition) is 4. The summed E-state index contributed by atoms with van der Waals surface area (Å²) in [5.74, 6) is 0.559. The molecule has 3 aromatic carbocycles. The van der Waals surface area contributed by atoms with Crippen molar-refractivity contribution in [2.24, 2.45) is 0 Å². The van der Waals surface area contributed by atoms with Crippen LogP contribution in [-0.2, 0) is 0 Å². The Balaban J connectivity index is 1.39. The van der Waals surface area contributed by atoms with Crippen molar-refractivity contribution in [3.63, 3.8) is 0 Å². The molecule has 0 amide bonds. The number of para-hydroxylation sites is 2. The smallest absolute Gasteiger partial charge is 0.227 e. The Morgan fingerprint density at radius 1 is 0.629 bits per heavy atom. The van der Waals surface area contributed by atoms with Gasteiger partial charge in [-0.25, -0.2) is 9.50 Å². The molecule has 35 heavy (non-hydrogen) atoms. The molecule has 0 spiro atoms. The van der Waals surface area contributed by atoms with Crippen LogP contribution in [0.2, 0.25) is 0 Å². The van der Waals surface area contributed by atoms with E-state index in [2.05, 4.69) is 75.3 Å². The maximum absolute atomic E-state index is 6.36. The Morgan fingerprint density at radius 2 is 1.40 bits per heavy atom. The highest BCUT2D eigenvalue weighted by Gasteiger charge is 2.18. The minimum absolute atomic E-state index is 0.559. The zero-order valence-electron chi connectivity index (χ0n) is 18.5. The van der Waals surface area contributed by atoms with Gasteiger partial charge in [-0.2, -0.15) is 5.10 Å². The van der Waals surface area contributed by atoms with Gasteiger partial charge in [0.2, 0.25) is 5.89 Å². The normalized spacial score (nSPS) is 12.0. The SMILES string of the molecule is c1cc(-c2nc3c4ncccc4n4nccc4c3o2)cc(-n2c3ccccc3c3ccccc32)c1. The minimum atomic E-state index is 0.559. The molecule has 164 valence electrons. The van der Waals surface area contributed by atoms with E-state index in [0.29, 0.717) is 11.5 Å². The van der Waals surface area contributed by atoms with E-state index in [4.69, 9.17) is 9.40 Å². The molecule has 0 N–H and O–H groups in total. The van der Waals surface area contributed by atoms with E-state index >= 15 is 0 Å². The van der Waals surface area contributed by atoms with Crippen LogP contribution in [0.3, 0.4) is 0 Å². The van der Waals surface area contributed by atoms with Gasteiger partial charge in [0.05, 0.1) is 22.7 Å². The summed E-state index contributed by atoms with van der Waals surface area (Å²) in [4.78, 5) is 9.49. The van der Waals surface area contributed by atoms with E-state index in [1.165, 1.54) is 21.8 Å². The zero-order valence-corrected chi connectivity index (χ0v) is 18.5. The summed E-state index contributed by atoms with van der Waals surface area (Å²) < 4.78 is 10.5. The van der Waals surface area contributed by atoms with Crippen molar-refractivity contribution in [1.29, 1.82) is 0 Å². The molecule has 6 nitrogen and oxygen atoms in total. The fourth-order valence-corrected chi connectivity index (χ4v) is 5.17. The van der Waals surface area contributed by atoms with E-state index in [1.54, 1.807) is 12.4 Å². The summed E-state index contributed by atoms with van der Waals surface area (Å²) in [7, 11) is 0. The van der Waals surface area contributed by atoms with Crippen LogP contribution >= 0.6 is 0 Å². The summed E-state index contributed by atoms with van der Waals surface area (Å²) in [6.45, 7) is 0. The molecule has 0 radical (unpaired) electrons. The molecule has 0 bridgehead atoms. The second-order valence-corrected chi connectivity index (χ2v) is 8.62. The average Bonchev–Trinajstić information content (AvgIpc) is 3.65. The predicted octanol–water partition coefficient (Wildman–Crippen LogP) is 6.79. The summed E-state index contributed by atoms with van der Waals surface area (Å²) >= 11 is 0. The van der Waals surface area contributed by atoms with Crippen molar-refractivity contribution in [3.8, 4) is 17.1 Å². The molecular weight excluding hydrogens is 434 g/mol. The maximum atomic E-state index is 6.36. The number of fused-ring (bicyclic) bond motifs is 9. The Bertz CT molecular complexity index is 2020. The molecule has 0 unspecified atom stereocenters. The summed E-state index contributed by atoms with van der Waals surface area (Å²) in [5, 5.41) is 6.94. The lowest BCUT2D eigenvalue weighted by molar-refractivity contribution is 0.621. The molecule has 5 aromatic heterocycles. The van der Waals surface area contributed by atoms with Gasteiger partial charge in [0.25, 0.3) is 0 Å². The van der Waals surface area contributed by atoms with E-state index in [9.17, 15) is 0 Å². The third-order valence-electron chi connectivity index (χ3n) is 6.67. The van der Waals surface area contributed by atoms with Crippen LogP contribution < -0.4 is 0 Å². The molecule has 0 atom stereocenters. The van der Waals surface area contributed by atoms with Gasteiger partial charge in [-0.3, -0.25) is 4.98 Å². The first-order chi connectivity index (χ1) is 17.4. The first-order valence-electron chi connectivity index (χ1n) is 11.5. The molecule has 6 heteroatoms. The van der Waals surface area contributed by atoms with Gasteiger partial charge in [-0.05, 0) is 48.5 Å². The van der Waals surface area contributed by atoms with Gasteiger partial charge in [-0.15, -0.1) is 0 Å². The first kappa shape index (κ1) is 18.5. The predicted molar refractivity (Wildman–Crippen MR) is 138 cm³/mol. The molecular formula is C29H17N5O. The van der Waals surface area contributed by atoms with Crippen LogP contribution in [0.1, 0.15) is 0 Å². The van der Waals surface area contributed by atoms with Crippen molar-refractivity contribution in [3.05, 3.63) is 103 Å². The Morgan fingerprint density at radius 3 is 2.23 bits per heavy atom. The zero-order chi connectivity index (χ0) is 22.9. The third kappa shape index (κ3) is 2.50. The van der Waals surface area contributed by atoms with Gasteiger partial charge in [-0.1, -0.05) is 42.5 Å². The maximum Gasteiger partial charge on any atom is 0.227 e. The molecule has 8 rings (SSSR count). The van der Waals surface area contributed by atoms with Crippen molar-refractivity contribution < 1.29 is 4.42 Å². The monoisotopic (exact) mass is 451 g/mol. The van der Waals surface area contributed by atoms with Crippen LogP contribution in [0.15, 0.2) is 108 Å². The average molecular weight is 451 g/mol. The lowest BCUT2D eigenvalue weighted by Gasteiger charge is -2.08. The molecule has 5 heterocycles. The van der Waals surface area contributed by atoms with Crippen LogP contribution in [-0.4, -0.2) is 24.1 Å².